The number of carbonyl (C=O) groups excluding carboxylic acids is 1. The van der Waals surface area contributed by atoms with Crippen LogP contribution < -0.4 is 15.5 Å². The first-order chi connectivity index (χ1) is 17.4. The van der Waals surface area contributed by atoms with Gasteiger partial charge in [0.05, 0.1) is 23.0 Å². The second-order valence-corrected chi connectivity index (χ2v) is 9.47. The Labute approximate surface area is 219 Å². The first kappa shape index (κ1) is 24.1. The van der Waals surface area contributed by atoms with E-state index in [4.69, 9.17) is 0 Å². The largest absolute Gasteiger partial charge is 0.366 e. The number of amides is 1. The summed E-state index contributed by atoms with van der Waals surface area (Å²) < 4.78 is 31.7. The highest BCUT2D eigenvalue weighted by Crippen LogP contribution is 2.32. The predicted molar refractivity (Wildman–Crippen MR) is 143 cm³/mol. The van der Waals surface area contributed by atoms with Crippen molar-refractivity contribution < 1.29 is 13.6 Å². The van der Waals surface area contributed by atoms with Crippen LogP contribution in [0.15, 0.2) is 55.3 Å². The van der Waals surface area contributed by atoms with Gasteiger partial charge in [-0.05, 0) is 42.5 Å². The minimum atomic E-state index is -0.530. The molecule has 2 aromatic heterocycles. The molecule has 0 aliphatic carbocycles. The van der Waals surface area contributed by atoms with Crippen LogP contribution >= 0.6 is 22.9 Å². The Bertz CT molecular complexity index is 1450. The maximum absolute atomic E-state index is 14.9. The average Bonchev–Trinajstić information content (AvgIpc) is 3.35. The molecule has 0 atom stereocenters. The van der Waals surface area contributed by atoms with Crippen molar-refractivity contribution in [2.75, 3.05) is 41.7 Å². The van der Waals surface area contributed by atoms with Crippen molar-refractivity contribution >= 4 is 62.8 Å². The van der Waals surface area contributed by atoms with E-state index in [0.29, 0.717) is 41.2 Å². The first-order valence-corrected chi connectivity index (χ1v) is 12.0. The predicted octanol–water partition coefficient (Wildman–Crippen LogP) is 4.64. The summed E-state index contributed by atoms with van der Waals surface area (Å²) in [5.74, 6) is -1.08. The molecule has 1 aliphatic heterocycles. The minimum absolute atomic E-state index is 0.158. The van der Waals surface area contributed by atoms with Crippen LogP contribution in [0.5, 0.6) is 0 Å². The fourth-order valence-electron chi connectivity index (χ4n) is 3.96. The van der Waals surface area contributed by atoms with Crippen molar-refractivity contribution in [3.05, 3.63) is 66.9 Å². The van der Waals surface area contributed by atoms with Crippen molar-refractivity contribution in [1.29, 1.82) is 0 Å². The summed E-state index contributed by atoms with van der Waals surface area (Å²) in [6.07, 6.45) is 2.63. The highest BCUT2D eigenvalue weighted by molar-refractivity contribution is 14.1. The first-order valence-electron chi connectivity index (χ1n) is 11.1. The molecule has 1 amide bonds. The van der Waals surface area contributed by atoms with Crippen LogP contribution in [0.1, 0.15) is 0 Å². The van der Waals surface area contributed by atoms with Gasteiger partial charge in [-0.15, -0.1) is 0 Å². The van der Waals surface area contributed by atoms with Crippen molar-refractivity contribution in [3.8, 4) is 11.3 Å². The van der Waals surface area contributed by atoms with Gasteiger partial charge in [-0.3, -0.25) is 9.89 Å². The number of fused-ring (bicyclic) bond motifs is 1. The van der Waals surface area contributed by atoms with E-state index >= 15 is 0 Å². The summed E-state index contributed by atoms with van der Waals surface area (Å²) in [5.41, 5.74) is 2.29. The number of anilines is 4. The molecule has 1 fully saturated rings. The quantitative estimate of drug-likeness (QED) is 0.168. The molecule has 3 N–H and O–H groups in total. The van der Waals surface area contributed by atoms with Gasteiger partial charge in [0, 0.05) is 66.0 Å². The van der Waals surface area contributed by atoms with Crippen LogP contribution in [0.25, 0.3) is 22.3 Å². The standard InChI is InChI=1S/C24H21F2IN8O/c1-2-21(36)29-14-3-5-18(25)16(11-14)22-17-13-28-33-23(17)32-24(31-22)30-15-4-6-19(26)20(12-15)34-7-9-35(27)10-8-34/h2-6,11-13H,1,7-10H2,(H,29,36)(H2,28,30,31,32,33). The molecule has 0 spiro atoms. The average molecular weight is 602 g/mol. The van der Waals surface area contributed by atoms with E-state index in [1.165, 1.54) is 30.5 Å². The topological polar surface area (TPSA) is 102 Å². The molecule has 0 bridgehead atoms. The van der Waals surface area contributed by atoms with Gasteiger partial charge in [0.2, 0.25) is 11.9 Å². The third-order valence-corrected chi connectivity index (χ3v) is 6.72. The van der Waals surface area contributed by atoms with Crippen LogP contribution in [0.2, 0.25) is 0 Å². The van der Waals surface area contributed by atoms with Crippen LogP contribution in [0.3, 0.4) is 0 Å². The lowest BCUT2D eigenvalue weighted by atomic mass is 10.1. The molecule has 36 heavy (non-hydrogen) atoms. The molecular weight excluding hydrogens is 581 g/mol. The Balaban J connectivity index is 1.50. The van der Waals surface area contributed by atoms with Crippen LogP contribution in [-0.4, -0.2) is 55.4 Å². The number of nitrogens with one attached hydrogen (secondary N) is 3. The molecule has 1 aliphatic rings. The lowest BCUT2D eigenvalue weighted by molar-refractivity contribution is -0.111. The van der Waals surface area contributed by atoms with E-state index in [0.717, 1.165) is 19.2 Å². The van der Waals surface area contributed by atoms with E-state index in [-0.39, 0.29) is 23.0 Å². The van der Waals surface area contributed by atoms with Crippen molar-refractivity contribution in [2.45, 2.75) is 0 Å². The van der Waals surface area contributed by atoms with Gasteiger partial charge in [-0.25, -0.2) is 16.9 Å². The molecule has 12 heteroatoms. The number of halogens is 3. The summed E-state index contributed by atoms with van der Waals surface area (Å²) >= 11 is 2.27. The van der Waals surface area contributed by atoms with Crippen molar-refractivity contribution in [1.82, 2.24) is 23.3 Å². The Morgan fingerprint density at radius 1 is 1.06 bits per heavy atom. The van der Waals surface area contributed by atoms with E-state index in [1.807, 2.05) is 4.90 Å². The number of carbonyl (C=O) groups is 1. The summed E-state index contributed by atoms with van der Waals surface area (Å²) in [5, 5.41) is 13.0. The van der Waals surface area contributed by atoms with Crippen LogP contribution in [-0.2, 0) is 4.79 Å². The van der Waals surface area contributed by atoms with Gasteiger partial charge in [-0.1, -0.05) is 6.58 Å². The molecule has 2 aromatic carbocycles. The monoisotopic (exact) mass is 602 g/mol. The second kappa shape index (κ2) is 10.1. The van der Waals surface area contributed by atoms with Crippen molar-refractivity contribution in [3.63, 3.8) is 0 Å². The van der Waals surface area contributed by atoms with Crippen LogP contribution in [0, 0.1) is 11.6 Å². The number of nitrogens with zero attached hydrogens (tertiary/aromatic N) is 5. The molecule has 3 heterocycles. The third kappa shape index (κ3) is 4.99. The number of piperazine rings is 1. The summed E-state index contributed by atoms with van der Waals surface area (Å²) in [6.45, 7) is 6.51. The molecule has 1 saturated heterocycles. The molecule has 0 unspecified atom stereocenters. The maximum Gasteiger partial charge on any atom is 0.247 e. The van der Waals surface area contributed by atoms with Gasteiger partial charge < -0.3 is 15.5 Å². The van der Waals surface area contributed by atoms with Crippen LogP contribution in [0.4, 0.5) is 31.8 Å². The van der Waals surface area contributed by atoms with Gasteiger partial charge in [0.15, 0.2) is 5.65 Å². The van der Waals surface area contributed by atoms with E-state index in [2.05, 4.69) is 63.4 Å². The third-order valence-electron chi connectivity index (χ3n) is 5.75. The smallest absolute Gasteiger partial charge is 0.247 e. The normalized spacial score (nSPS) is 14.1. The minimum Gasteiger partial charge on any atom is -0.366 e. The second-order valence-electron chi connectivity index (χ2n) is 8.10. The summed E-state index contributed by atoms with van der Waals surface area (Å²) in [4.78, 5) is 22.7. The number of H-pyrrole nitrogens is 1. The highest BCUT2D eigenvalue weighted by Gasteiger charge is 2.20. The molecule has 4 aromatic rings. The SMILES string of the molecule is C=CC(=O)Nc1ccc(F)c(-c2nc(Nc3ccc(F)c(N4CCN(I)CC4)c3)nc3[nH]ncc23)c1. The molecular formula is C24H21F2IN8O. The zero-order valence-corrected chi connectivity index (χ0v) is 21.1. The molecule has 0 saturated carbocycles. The number of hydrogen-bond donors (Lipinski definition) is 3. The summed E-state index contributed by atoms with van der Waals surface area (Å²) in [7, 11) is 0. The van der Waals surface area contributed by atoms with Gasteiger partial charge in [0.1, 0.15) is 11.6 Å². The number of aromatic nitrogens is 4. The van der Waals surface area contributed by atoms with Gasteiger partial charge in [0.25, 0.3) is 0 Å². The molecule has 5 rings (SSSR count). The Hall–Kier alpha value is -3.65. The lowest BCUT2D eigenvalue weighted by Gasteiger charge is -2.33. The number of rotatable bonds is 6. The highest BCUT2D eigenvalue weighted by atomic mass is 127. The Morgan fingerprint density at radius 3 is 2.58 bits per heavy atom. The fourth-order valence-corrected chi connectivity index (χ4v) is 4.39. The van der Waals surface area contributed by atoms with E-state index in [1.54, 1.807) is 12.1 Å². The zero-order chi connectivity index (χ0) is 25.2. The number of benzene rings is 2. The maximum atomic E-state index is 14.9. The number of aromatic amines is 1. The van der Waals surface area contributed by atoms with Gasteiger partial charge >= 0.3 is 0 Å². The number of hydrogen-bond acceptors (Lipinski definition) is 7. The zero-order valence-electron chi connectivity index (χ0n) is 18.9. The molecule has 184 valence electrons. The van der Waals surface area contributed by atoms with Gasteiger partial charge in [-0.2, -0.15) is 10.1 Å². The molecule has 0 radical (unpaired) electrons. The lowest BCUT2D eigenvalue weighted by Crippen LogP contribution is -2.42. The van der Waals surface area contributed by atoms with E-state index < -0.39 is 11.7 Å². The summed E-state index contributed by atoms with van der Waals surface area (Å²) in [6, 6.07) is 8.89. The van der Waals surface area contributed by atoms with Crippen molar-refractivity contribution in [2.24, 2.45) is 0 Å². The van der Waals surface area contributed by atoms with E-state index in [9.17, 15) is 13.6 Å². The fraction of sp³-hybridized carbons (Fsp3) is 0.167. The molecule has 9 nitrogen and oxygen atoms in total. The Kier molecular flexibility index (Phi) is 6.78. The Morgan fingerprint density at radius 2 is 1.81 bits per heavy atom.